The number of rotatable bonds is 4. The highest BCUT2D eigenvalue weighted by Gasteiger charge is 2.26. The lowest BCUT2D eigenvalue weighted by atomic mass is 9.99. The number of anilines is 1. The van der Waals surface area contributed by atoms with Gasteiger partial charge < -0.3 is 10.8 Å². The lowest BCUT2D eigenvalue weighted by Gasteiger charge is -2.10. The number of pyridine rings is 1. The second kappa shape index (κ2) is 7.83. The number of aromatic amines is 1. The summed E-state index contributed by atoms with van der Waals surface area (Å²) in [4.78, 5) is 22.4. The van der Waals surface area contributed by atoms with E-state index in [-0.39, 0.29) is 18.4 Å². The third-order valence-electron chi connectivity index (χ3n) is 5.26. The van der Waals surface area contributed by atoms with Crippen molar-refractivity contribution in [2.45, 2.75) is 20.4 Å². The number of fused-ring (bicyclic) bond motifs is 1. The number of hydrogen-bond donors (Lipinski definition) is 3. The maximum atomic E-state index is 13.3. The first-order chi connectivity index (χ1) is 15.9. The van der Waals surface area contributed by atoms with Crippen molar-refractivity contribution in [2.24, 2.45) is 0 Å². The molecule has 164 valence electrons. The quantitative estimate of drug-likeness (QED) is 0.361. The van der Waals surface area contributed by atoms with Crippen LogP contribution in [0.5, 0.6) is 5.88 Å². The lowest BCUT2D eigenvalue weighted by Crippen LogP contribution is -2.44. The van der Waals surface area contributed by atoms with Gasteiger partial charge in [-0.05, 0) is 37.6 Å². The number of aromatic hydroxyl groups is 1. The molecule has 0 unspecified atom stereocenters. The summed E-state index contributed by atoms with van der Waals surface area (Å²) in [6, 6.07) is 16.6. The van der Waals surface area contributed by atoms with Gasteiger partial charge in [-0.3, -0.25) is 4.98 Å². The largest absolute Gasteiger partial charge is 0.492 e. The van der Waals surface area contributed by atoms with Crippen LogP contribution in [0.1, 0.15) is 17.1 Å². The van der Waals surface area contributed by atoms with E-state index in [0.717, 1.165) is 28.1 Å². The molecule has 0 radical (unpaired) electrons. The Balaban J connectivity index is 1.81. The van der Waals surface area contributed by atoms with Crippen LogP contribution in [0.3, 0.4) is 0 Å². The molecule has 10 heteroatoms. The van der Waals surface area contributed by atoms with Gasteiger partial charge in [-0.2, -0.15) is 4.68 Å². The predicted molar refractivity (Wildman–Crippen MR) is 121 cm³/mol. The topological polar surface area (TPSA) is 140 Å². The Bertz CT molecular complexity index is 1520. The molecule has 0 aliphatic heterocycles. The first kappa shape index (κ1) is 20.3. The van der Waals surface area contributed by atoms with E-state index in [1.165, 1.54) is 15.1 Å². The van der Waals surface area contributed by atoms with Gasteiger partial charge in [0.1, 0.15) is 12.2 Å². The number of nitrogens with two attached hydrogens (primary N) is 1. The fraction of sp³-hybridized carbons (Fsp3) is 0.130. The predicted octanol–water partition coefficient (Wildman–Crippen LogP) is 1.78. The van der Waals surface area contributed by atoms with Crippen molar-refractivity contribution in [2.75, 3.05) is 5.73 Å². The van der Waals surface area contributed by atoms with E-state index in [9.17, 15) is 9.90 Å². The minimum absolute atomic E-state index is 0.0619. The van der Waals surface area contributed by atoms with Crippen molar-refractivity contribution >= 4 is 11.6 Å². The molecule has 0 bridgehead atoms. The van der Waals surface area contributed by atoms with Gasteiger partial charge in [0, 0.05) is 23.0 Å². The molecule has 0 amide bonds. The summed E-state index contributed by atoms with van der Waals surface area (Å²) < 4.78 is 2.73. The van der Waals surface area contributed by atoms with Gasteiger partial charge in [-0.25, -0.2) is 9.89 Å². The summed E-state index contributed by atoms with van der Waals surface area (Å²) in [6.07, 6.45) is 0. The van der Waals surface area contributed by atoms with Crippen LogP contribution in [0.15, 0.2) is 59.4 Å². The maximum absolute atomic E-state index is 13.3. The van der Waals surface area contributed by atoms with Gasteiger partial charge in [0.2, 0.25) is 11.5 Å². The Morgan fingerprint density at radius 2 is 1.73 bits per heavy atom. The molecule has 1 aromatic carbocycles. The first-order valence-corrected chi connectivity index (χ1v) is 10.3. The lowest BCUT2D eigenvalue weighted by molar-refractivity contribution is -0.516. The van der Waals surface area contributed by atoms with Crippen LogP contribution >= 0.6 is 0 Å². The molecule has 33 heavy (non-hydrogen) atoms. The monoisotopic (exact) mass is 441 g/mol. The first-order valence-electron chi connectivity index (χ1n) is 10.3. The van der Waals surface area contributed by atoms with Crippen LogP contribution in [-0.4, -0.2) is 35.1 Å². The highest BCUT2D eigenvalue weighted by molar-refractivity contribution is 5.88. The van der Waals surface area contributed by atoms with Crippen molar-refractivity contribution in [3.05, 3.63) is 82.2 Å². The van der Waals surface area contributed by atoms with E-state index in [0.29, 0.717) is 17.0 Å². The number of H-pyrrole nitrogens is 1. The molecule has 0 aliphatic carbocycles. The van der Waals surface area contributed by atoms with E-state index < -0.39 is 5.69 Å². The molecular weight excluding hydrogens is 420 g/mol. The van der Waals surface area contributed by atoms with Gasteiger partial charge in [0.05, 0.1) is 11.3 Å². The van der Waals surface area contributed by atoms with Crippen molar-refractivity contribution in [1.82, 2.24) is 29.9 Å². The normalized spacial score (nSPS) is 11.2. The molecule has 0 atom stereocenters. The zero-order chi connectivity index (χ0) is 23.1. The van der Waals surface area contributed by atoms with Gasteiger partial charge in [0.25, 0.3) is 0 Å². The average Bonchev–Trinajstić information content (AvgIpc) is 3.11. The second-order valence-corrected chi connectivity index (χ2v) is 7.75. The molecule has 10 nitrogen and oxygen atoms in total. The van der Waals surface area contributed by atoms with Gasteiger partial charge >= 0.3 is 11.6 Å². The van der Waals surface area contributed by atoms with Gasteiger partial charge in [0.15, 0.2) is 0 Å². The number of nitrogens with zero attached hydrogens (tertiary/aromatic N) is 6. The van der Waals surface area contributed by atoms with E-state index in [2.05, 4.69) is 25.3 Å². The molecule has 0 saturated carbocycles. The third kappa shape index (κ3) is 3.67. The van der Waals surface area contributed by atoms with Gasteiger partial charge in [-0.1, -0.05) is 30.3 Å². The molecule has 0 spiro atoms. The minimum Gasteiger partial charge on any atom is -0.492 e. The Kier molecular flexibility index (Phi) is 4.82. The van der Waals surface area contributed by atoms with E-state index in [4.69, 9.17) is 5.73 Å². The zero-order valence-corrected chi connectivity index (χ0v) is 18.0. The number of nitrogens with one attached hydrogen (secondary N) is 1. The fourth-order valence-electron chi connectivity index (χ4n) is 3.92. The van der Waals surface area contributed by atoms with Crippen molar-refractivity contribution in [3.8, 4) is 28.3 Å². The number of hydrogen-bond acceptors (Lipinski definition) is 7. The van der Waals surface area contributed by atoms with Crippen LogP contribution in [0.25, 0.3) is 28.0 Å². The molecule has 0 saturated heterocycles. The standard InChI is InChI=1S/C23H20N8O2/c1-13-10-16(11-14(2)25-13)19-20(15-6-4-3-5-7-15)26-22(24)31-21(19)29-30(23(31)33)12-17-8-9-18(32)28-27-17/h3-11H,12H2,1-2H3,(H3,24,25,26,28,29,32)/p+1. The zero-order valence-electron chi connectivity index (χ0n) is 18.0. The molecule has 5 rings (SSSR count). The molecule has 4 heterocycles. The maximum Gasteiger partial charge on any atom is 0.428 e. The Morgan fingerprint density at radius 3 is 2.39 bits per heavy atom. The summed E-state index contributed by atoms with van der Waals surface area (Å²) in [5.74, 6) is -0.129. The SMILES string of the molecule is Cc1cc(-c2c(-c3ccccc3)nc(N)[n+]3c(=O)n(Cc4ccc(O)nn4)[nH]c23)cc(C)n1. The molecular formula is C23H21N8O2+. The summed E-state index contributed by atoms with van der Waals surface area (Å²) in [5.41, 5.74) is 11.7. The number of nitrogen functional groups attached to an aromatic ring is 1. The van der Waals surface area contributed by atoms with E-state index in [1.807, 2.05) is 56.3 Å². The Labute approximate surface area is 188 Å². The van der Waals surface area contributed by atoms with Crippen molar-refractivity contribution < 1.29 is 9.51 Å². The molecule has 4 aromatic heterocycles. The Morgan fingerprint density at radius 1 is 1.00 bits per heavy atom. The summed E-state index contributed by atoms with van der Waals surface area (Å²) in [7, 11) is 0. The van der Waals surface area contributed by atoms with Crippen molar-refractivity contribution in [1.29, 1.82) is 0 Å². The fourth-order valence-corrected chi connectivity index (χ4v) is 3.92. The van der Waals surface area contributed by atoms with Crippen LogP contribution in [0.2, 0.25) is 0 Å². The van der Waals surface area contributed by atoms with Crippen LogP contribution in [0, 0.1) is 13.8 Å². The molecule has 5 aromatic rings. The summed E-state index contributed by atoms with van der Waals surface area (Å²) >= 11 is 0. The van der Waals surface area contributed by atoms with E-state index in [1.54, 1.807) is 6.07 Å². The number of aromatic nitrogens is 7. The highest BCUT2D eigenvalue weighted by Crippen LogP contribution is 2.33. The molecule has 0 aliphatic rings. The smallest absolute Gasteiger partial charge is 0.428 e. The van der Waals surface area contributed by atoms with Crippen LogP contribution in [0.4, 0.5) is 5.95 Å². The number of aryl methyl sites for hydroxylation is 2. The summed E-state index contributed by atoms with van der Waals surface area (Å²) in [6.45, 7) is 3.96. The number of benzene rings is 1. The van der Waals surface area contributed by atoms with Crippen LogP contribution < -0.4 is 15.8 Å². The highest BCUT2D eigenvalue weighted by atomic mass is 16.3. The third-order valence-corrected chi connectivity index (χ3v) is 5.26. The minimum atomic E-state index is -0.395. The summed E-state index contributed by atoms with van der Waals surface area (Å²) in [5, 5.41) is 20.1. The average molecular weight is 441 g/mol. The van der Waals surface area contributed by atoms with Crippen LogP contribution in [-0.2, 0) is 6.54 Å². The van der Waals surface area contributed by atoms with E-state index >= 15 is 0 Å². The van der Waals surface area contributed by atoms with Crippen molar-refractivity contribution in [3.63, 3.8) is 0 Å². The molecule has 0 fully saturated rings. The Hall–Kier alpha value is -4.60. The van der Waals surface area contributed by atoms with Gasteiger partial charge in [-0.15, -0.1) is 19.6 Å². The molecule has 4 N–H and O–H groups in total. The second-order valence-electron chi connectivity index (χ2n) is 7.75.